The molecule has 0 spiro atoms. The predicted molar refractivity (Wildman–Crippen MR) is 112 cm³/mol. The van der Waals surface area contributed by atoms with Gasteiger partial charge in [-0.1, -0.05) is 12.1 Å². The van der Waals surface area contributed by atoms with E-state index in [-0.39, 0.29) is 42.7 Å². The fourth-order valence-electron chi connectivity index (χ4n) is 3.46. The summed E-state index contributed by atoms with van der Waals surface area (Å²) >= 11 is 0. The highest BCUT2D eigenvalue weighted by atomic mass is 16.5. The van der Waals surface area contributed by atoms with Crippen LogP contribution in [0.15, 0.2) is 6.20 Å². The van der Waals surface area contributed by atoms with E-state index in [1.165, 1.54) is 0 Å². The average molecular weight is 425 g/mol. The number of nitrogens with one attached hydrogen (secondary N) is 1. The Balaban J connectivity index is 2.22. The van der Waals surface area contributed by atoms with Crippen molar-refractivity contribution in [1.29, 1.82) is 0 Å². The Morgan fingerprint density at radius 1 is 1.43 bits per heavy atom. The fourth-order valence-corrected chi connectivity index (χ4v) is 3.46. The maximum absolute atomic E-state index is 12.8. The molecule has 2 N–H and O–H groups in total. The van der Waals surface area contributed by atoms with Crippen LogP contribution in [-0.4, -0.2) is 86.8 Å². The third kappa shape index (κ3) is 6.66. The first-order chi connectivity index (χ1) is 14.2. The standard InChI is InChI=1S/C20H36N6O4/c1-14(2)22-20(29)24(5)11-18-15(3)10-25(16(4)12-27)19(28)7-6-8-26-17(13-30-18)9-21-23-26/h9,14-16,18,27H,6-8,10-13H2,1-5H3,(H,22,29)/t15-,16+,18+/m1/s1. The number of hydrogen-bond donors (Lipinski definition) is 2. The molecule has 2 heterocycles. The molecule has 1 aromatic rings. The van der Waals surface area contributed by atoms with Crippen molar-refractivity contribution in [2.45, 2.75) is 71.9 Å². The van der Waals surface area contributed by atoms with Crippen LogP contribution in [0.5, 0.6) is 0 Å². The maximum Gasteiger partial charge on any atom is 0.317 e. The van der Waals surface area contributed by atoms with Crippen molar-refractivity contribution in [1.82, 2.24) is 30.1 Å². The van der Waals surface area contributed by atoms with E-state index in [4.69, 9.17) is 4.74 Å². The normalized spacial score (nSPS) is 22.1. The summed E-state index contributed by atoms with van der Waals surface area (Å²) in [7, 11) is 1.73. The minimum absolute atomic E-state index is 0.00436. The summed E-state index contributed by atoms with van der Waals surface area (Å²) < 4.78 is 7.97. The first kappa shape index (κ1) is 24.1. The highest BCUT2D eigenvalue weighted by molar-refractivity contribution is 5.76. The van der Waals surface area contributed by atoms with Gasteiger partial charge >= 0.3 is 6.03 Å². The largest absolute Gasteiger partial charge is 0.394 e. The zero-order valence-electron chi connectivity index (χ0n) is 18.7. The molecule has 170 valence electrons. The molecule has 1 aliphatic heterocycles. The first-order valence-corrected chi connectivity index (χ1v) is 10.6. The van der Waals surface area contributed by atoms with Gasteiger partial charge in [0.25, 0.3) is 0 Å². The Hall–Kier alpha value is -2.20. The number of aliphatic hydroxyl groups is 1. The van der Waals surface area contributed by atoms with Gasteiger partial charge in [-0.05, 0) is 27.2 Å². The monoisotopic (exact) mass is 424 g/mol. The number of rotatable bonds is 5. The summed E-state index contributed by atoms with van der Waals surface area (Å²) in [6.07, 6.45) is 2.38. The third-order valence-corrected chi connectivity index (χ3v) is 5.35. The number of hydrogen-bond acceptors (Lipinski definition) is 6. The van der Waals surface area contributed by atoms with Crippen LogP contribution in [0, 0.1) is 5.92 Å². The van der Waals surface area contributed by atoms with Gasteiger partial charge in [-0.2, -0.15) is 0 Å². The van der Waals surface area contributed by atoms with Crippen LogP contribution in [0.25, 0.3) is 0 Å². The number of urea groups is 1. The third-order valence-electron chi connectivity index (χ3n) is 5.35. The van der Waals surface area contributed by atoms with Crippen molar-refractivity contribution in [3.8, 4) is 0 Å². The Morgan fingerprint density at radius 3 is 2.83 bits per heavy atom. The Bertz CT molecular complexity index is 695. The van der Waals surface area contributed by atoms with E-state index < -0.39 is 0 Å². The molecule has 3 atom stereocenters. The van der Waals surface area contributed by atoms with E-state index in [0.717, 1.165) is 5.69 Å². The highest BCUT2D eigenvalue weighted by Crippen LogP contribution is 2.18. The lowest BCUT2D eigenvalue weighted by Crippen LogP contribution is -2.49. The maximum atomic E-state index is 12.8. The van der Waals surface area contributed by atoms with E-state index in [1.807, 2.05) is 27.7 Å². The van der Waals surface area contributed by atoms with Gasteiger partial charge < -0.3 is 25.0 Å². The molecule has 0 fully saturated rings. The molecule has 0 unspecified atom stereocenters. The van der Waals surface area contributed by atoms with Crippen LogP contribution >= 0.6 is 0 Å². The molecule has 0 aliphatic carbocycles. The molecule has 2 rings (SSSR count). The summed E-state index contributed by atoms with van der Waals surface area (Å²) in [5.41, 5.74) is 0.843. The van der Waals surface area contributed by atoms with Crippen molar-refractivity contribution in [3.05, 3.63) is 11.9 Å². The topological polar surface area (TPSA) is 113 Å². The number of aliphatic hydroxyl groups excluding tert-OH is 1. The second-order valence-electron chi connectivity index (χ2n) is 8.44. The lowest BCUT2D eigenvalue weighted by Gasteiger charge is -2.35. The molecule has 0 bridgehead atoms. The lowest BCUT2D eigenvalue weighted by atomic mass is 10.0. The van der Waals surface area contributed by atoms with Crippen molar-refractivity contribution in [3.63, 3.8) is 0 Å². The minimum atomic E-state index is -0.308. The van der Waals surface area contributed by atoms with Crippen LogP contribution < -0.4 is 5.32 Å². The smallest absolute Gasteiger partial charge is 0.317 e. The van der Waals surface area contributed by atoms with Crippen LogP contribution in [0.4, 0.5) is 4.79 Å². The second-order valence-corrected chi connectivity index (χ2v) is 8.44. The zero-order valence-corrected chi connectivity index (χ0v) is 18.7. The Kier molecular flexibility index (Phi) is 9.04. The average Bonchev–Trinajstić information content (AvgIpc) is 3.14. The van der Waals surface area contributed by atoms with E-state index in [2.05, 4.69) is 15.6 Å². The van der Waals surface area contributed by atoms with Gasteiger partial charge in [0.1, 0.15) is 0 Å². The van der Waals surface area contributed by atoms with Crippen LogP contribution in [0.3, 0.4) is 0 Å². The number of fused-ring (bicyclic) bond motifs is 1. The minimum Gasteiger partial charge on any atom is -0.394 e. The molecule has 0 saturated carbocycles. The van der Waals surface area contributed by atoms with Gasteiger partial charge in [-0.25, -0.2) is 9.48 Å². The molecule has 0 saturated heterocycles. The molecule has 0 radical (unpaired) electrons. The zero-order chi connectivity index (χ0) is 22.3. The van der Waals surface area contributed by atoms with Gasteiger partial charge in [0.15, 0.2) is 0 Å². The summed E-state index contributed by atoms with van der Waals surface area (Å²) in [4.78, 5) is 28.5. The van der Waals surface area contributed by atoms with Crippen LogP contribution in [0.2, 0.25) is 0 Å². The number of aryl methyl sites for hydroxylation is 1. The molecule has 10 heteroatoms. The molecule has 30 heavy (non-hydrogen) atoms. The van der Waals surface area contributed by atoms with E-state index in [0.29, 0.717) is 39.1 Å². The summed E-state index contributed by atoms with van der Waals surface area (Å²) in [6, 6.07) is -0.420. The number of ether oxygens (including phenoxy) is 1. The number of likely N-dealkylation sites (N-methyl/N-ethyl adjacent to an activating group) is 1. The summed E-state index contributed by atoms with van der Waals surface area (Å²) in [5.74, 6) is -0.0590. The predicted octanol–water partition coefficient (Wildman–Crippen LogP) is 0.852. The molecule has 1 aromatic heterocycles. The van der Waals surface area contributed by atoms with Crippen LogP contribution in [-0.2, 0) is 22.7 Å². The first-order valence-electron chi connectivity index (χ1n) is 10.6. The van der Waals surface area contributed by atoms with E-state index >= 15 is 0 Å². The lowest BCUT2D eigenvalue weighted by molar-refractivity contribution is -0.136. The van der Waals surface area contributed by atoms with Crippen molar-refractivity contribution < 1.29 is 19.4 Å². The number of nitrogens with zero attached hydrogens (tertiary/aromatic N) is 5. The quantitative estimate of drug-likeness (QED) is 0.725. The number of carbonyl (C=O) groups is 2. The van der Waals surface area contributed by atoms with Crippen molar-refractivity contribution in [2.24, 2.45) is 5.92 Å². The summed E-state index contributed by atoms with van der Waals surface area (Å²) in [6.45, 7) is 9.28. The fraction of sp³-hybridized carbons (Fsp3) is 0.800. The van der Waals surface area contributed by atoms with Crippen molar-refractivity contribution >= 4 is 11.9 Å². The van der Waals surface area contributed by atoms with Gasteiger partial charge in [-0.3, -0.25) is 4.79 Å². The molecule has 3 amide bonds. The molecule has 1 aliphatic rings. The molecule has 0 aromatic carbocycles. The van der Waals surface area contributed by atoms with Gasteiger partial charge in [0, 0.05) is 45.1 Å². The molecular formula is C20H36N6O4. The van der Waals surface area contributed by atoms with Crippen molar-refractivity contribution in [2.75, 3.05) is 26.7 Å². The SMILES string of the molecule is CC(C)NC(=O)N(C)C[C@@H]1OCc2cnnn2CCCC(=O)N([C@@H](C)CO)C[C@H]1C. The highest BCUT2D eigenvalue weighted by Gasteiger charge is 2.29. The number of aromatic nitrogens is 3. The number of amides is 3. The number of carbonyl (C=O) groups excluding carboxylic acids is 2. The Morgan fingerprint density at radius 2 is 2.17 bits per heavy atom. The Labute approximate surface area is 178 Å². The van der Waals surface area contributed by atoms with Gasteiger partial charge in [0.05, 0.1) is 37.3 Å². The second kappa shape index (κ2) is 11.3. The van der Waals surface area contributed by atoms with E-state index in [9.17, 15) is 14.7 Å². The molecule has 10 nitrogen and oxygen atoms in total. The molecular weight excluding hydrogens is 388 g/mol. The van der Waals surface area contributed by atoms with E-state index in [1.54, 1.807) is 27.7 Å². The van der Waals surface area contributed by atoms with Gasteiger partial charge in [-0.15, -0.1) is 5.10 Å². The van der Waals surface area contributed by atoms with Gasteiger partial charge in [0.2, 0.25) is 5.91 Å². The van der Waals surface area contributed by atoms with Crippen LogP contribution in [0.1, 0.15) is 46.2 Å². The summed E-state index contributed by atoms with van der Waals surface area (Å²) in [5, 5.41) is 20.6.